The van der Waals surface area contributed by atoms with E-state index in [4.69, 9.17) is 47.4 Å². The second-order valence-corrected chi connectivity index (χ2v) is 23.9. The first-order chi connectivity index (χ1) is 53.8. The third-order valence-electron chi connectivity index (χ3n) is 15.7. The van der Waals surface area contributed by atoms with Crippen molar-refractivity contribution in [3.63, 3.8) is 0 Å². The van der Waals surface area contributed by atoms with Crippen molar-refractivity contribution < 1.29 is 105 Å². The maximum atomic E-state index is 13.4. The number of halogens is 1. The molecule has 0 heterocycles. The summed E-state index contributed by atoms with van der Waals surface area (Å²) in [6.07, 6.45) is 22.5. The third-order valence-corrected chi connectivity index (χ3v) is 15.7. The highest BCUT2D eigenvalue weighted by molar-refractivity contribution is 6.13. The average Bonchev–Trinajstić information content (AvgIpc) is 0.954. The summed E-state index contributed by atoms with van der Waals surface area (Å²) < 4.78 is 65.1. The molecule has 0 atom stereocenters. The Bertz CT molecular complexity index is 4560. The monoisotopic (exact) mass is 1560 g/mol. The van der Waals surface area contributed by atoms with Crippen LogP contribution in [0.3, 0.4) is 0 Å². The van der Waals surface area contributed by atoms with E-state index < -0.39 is 5.82 Å². The largest absolute Gasteiger partial charge is 0.504 e. The molecule has 3 N–H and O–H groups in total. The zero-order valence-corrected chi connectivity index (χ0v) is 64.4. The van der Waals surface area contributed by atoms with Crippen LogP contribution in [0.5, 0.6) is 74.7 Å². The molecule has 0 aliphatic carbocycles. The van der Waals surface area contributed by atoms with Crippen molar-refractivity contribution >= 4 is 94.9 Å². The zero-order chi connectivity index (χ0) is 82.1. The molecule has 22 heteroatoms. The molecular formula is C92H99FO21. The normalized spacial score (nSPS) is 10.9. The lowest BCUT2D eigenvalue weighted by atomic mass is 10.1. The summed E-state index contributed by atoms with van der Waals surface area (Å²) in [4.78, 5) is 96.0. The van der Waals surface area contributed by atoms with Crippen LogP contribution in [0, 0.1) is 19.7 Å². The molecule has 21 nitrogen and oxygen atoms in total. The lowest BCUT2D eigenvalue weighted by molar-refractivity contribution is -0.123. The summed E-state index contributed by atoms with van der Waals surface area (Å²) in [5, 5.41) is 29.1. The smallest absolute Gasteiger partial charge is 0.165 e. The van der Waals surface area contributed by atoms with E-state index in [1.54, 1.807) is 139 Å². The predicted octanol–water partition coefficient (Wildman–Crippen LogP) is 17.8. The van der Waals surface area contributed by atoms with Gasteiger partial charge in [0.2, 0.25) is 0 Å². The van der Waals surface area contributed by atoms with Gasteiger partial charge in [-0.05, 0) is 217 Å². The number of aromatic hydroxyl groups is 3. The summed E-state index contributed by atoms with van der Waals surface area (Å²) in [6.45, 7) is 8.62. The van der Waals surface area contributed by atoms with Crippen LogP contribution in [-0.4, -0.2) is 132 Å². The number of hydrogen-bond acceptors (Lipinski definition) is 21. The molecule has 0 saturated heterocycles. The molecule has 0 aromatic heterocycles. The first-order valence-corrected chi connectivity index (χ1v) is 34.8. The van der Waals surface area contributed by atoms with E-state index in [0.717, 1.165) is 44.9 Å². The van der Waals surface area contributed by atoms with Gasteiger partial charge in [-0.25, -0.2) is 4.39 Å². The number of phenolic OH excluding ortho intramolecular Hbond substituents is 3. The topological polar surface area (TPSA) is 290 Å². The number of ketones is 8. The Kier molecular flexibility index (Phi) is 41.7. The number of methoxy groups -OCH3 is 8. The highest BCUT2D eigenvalue weighted by atomic mass is 19.1. The van der Waals surface area contributed by atoms with Gasteiger partial charge in [0, 0.05) is 0 Å². The van der Waals surface area contributed by atoms with Crippen LogP contribution >= 0.6 is 0 Å². The number of carbonyl (C=O) groups is 8. The number of ether oxygens (including phenoxy) is 10. The number of rotatable bonds is 36. The van der Waals surface area contributed by atoms with E-state index in [9.17, 15) is 58.1 Å². The zero-order valence-electron chi connectivity index (χ0n) is 64.4. The first-order valence-electron chi connectivity index (χ1n) is 34.8. The maximum Gasteiger partial charge on any atom is 0.165 e. The van der Waals surface area contributed by atoms with Gasteiger partial charge >= 0.3 is 0 Å². The fourth-order valence-corrected chi connectivity index (χ4v) is 9.86. The quantitative estimate of drug-likeness (QED) is 0.0243. The van der Waals surface area contributed by atoms with Gasteiger partial charge in [-0.2, -0.15) is 0 Å². The van der Waals surface area contributed by atoms with Crippen LogP contribution in [0.4, 0.5) is 4.39 Å². The average molecular weight is 1560 g/mol. The van der Waals surface area contributed by atoms with E-state index in [1.807, 2.05) is 64.1 Å². The van der Waals surface area contributed by atoms with E-state index in [2.05, 4.69) is 0 Å². The van der Waals surface area contributed by atoms with Gasteiger partial charge in [0.1, 0.15) is 11.5 Å². The number of allylic oxidation sites excluding steroid dienone is 8. The van der Waals surface area contributed by atoms with Gasteiger partial charge in [-0.1, -0.05) is 124 Å². The van der Waals surface area contributed by atoms with Crippen molar-refractivity contribution in [3.05, 3.63) is 256 Å². The molecule has 0 aliphatic rings. The number of benzene rings is 8. The van der Waals surface area contributed by atoms with Crippen molar-refractivity contribution in [2.75, 3.05) is 70.1 Å². The molecule has 114 heavy (non-hydrogen) atoms. The van der Waals surface area contributed by atoms with Crippen molar-refractivity contribution in [1.82, 2.24) is 0 Å². The molecule has 0 unspecified atom stereocenters. The number of aryl methyl sites for hydroxylation is 2. The summed E-state index contributed by atoms with van der Waals surface area (Å²) in [5.74, 6) is 1.94. The van der Waals surface area contributed by atoms with Crippen LogP contribution in [0.25, 0.3) is 48.6 Å². The summed E-state index contributed by atoms with van der Waals surface area (Å²) in [6, 6.07) is 40.4. The van der Waals surface area contributed by atoms with Gasteiger partial charge in [-0.15, -0.1) is 0 Å². The fraction of sp³-hybridized carbons (Fsp3) is 0.217. The SMILES string of the molecule is C.C.CCOc1cc(/C=C/C(=O)CC(=O)/C=C/c2ccc(O)c(OCC)c2)ccc1C.COc1cc(/C=C/C(=O)CC(=O)/C=C/c2ccc(F)c(OC)c2)ccc1C.COc1ccc(/C=C/C(=O)CC(=O)/C=C/c2ccc(OC)c(O)c2)cc1O.COc1ccc(/C=C/C(=O)CC(=O)/C=C/c2ccc(OC)c(OC)c2)cc1OC. The molecule has 8 rings (SSSR count). The third kappa shape index (κ3) is 32.9. The van der Waals surface area contributed by atoms with Gasteiger partial charge in [0.15, 0.2) is 115 Å². The van der Waals surface area contributed by atoms with Gasteiger partial charge in [0.05, 0.1) is 95.8 Å². The Morgan fingerprint density at radius 2 is 0.500 bits per heavy atom. The van der Waals surface area contributed by atoms with Crippen molar-refractivity contribution in [2.45, 2.75) is 68.2 Å². The van der Waals surface area contributed by atoms with Crippen molar-refractivity contribution in [3.8, 4) is 74.7 Å². The Morgan fingerprint density at radius 3 is 0.798 bits per heavy atom. The lowest BCUT2D eigenvalue weighted by Crippen LogP contribution is -2.02. The molecule has 0 spiro atoms. The van der Waals surface area contributed by atoms with Crippen LogP contribution in [-0.2, 0) is 38.4 Å². The minimum atomic E-state index is -0.478. The Balaban J connectivity index is 0.000000391. The number of hydrogen-bond donors (Lipinski definition) is 3. The molecule has 0 aliphatic heterocycles. The highest BCUT2D eigenvalue weighted by Crippen LogP contribution is 2.33. The molecule has 8 aromatic rings. The Labute approximate surface area is 665 Å². The van der Waals surface area contributed by atoms with Crippen molar-refractivity contribution in [1.29, 1.82) is 0 Å². The number of phenols is 3. The van der Waals surface area contributed by atoms with Crippen LogP contribution in [0.1, 0.15) is 110 Å². The van der Waals surface area contributed by atoms with Gasteiger partial charge < -0.3 is 62.7 Å². The Hall–Kier alpha value is -13.6. The van der Waals surface area contributed by atoms with Gasteiger partial charge in [-0.3, -0.25) is 38.4 Å². The Morgan fingerprint density at radius 1 is 0.272 bits per heavy atom. The van der Waals surface area contributed by atoms with Gasteiger partial charge in [0.25, 0.3) is 0 Å². The fourth-order valence-electron chi connectivity index (χ4n) is 9.86. The highest BCUT2D eigenvalue weighted by Gasteiger charge is 2.13. The maximum absolute atomic E-state index is 13.4. The summed E-state index contributed by atoms with van der Waals surface area (Å²) in [7, 11) is 12.0. The second-order valence-electron chi connectivity index (χ2n) is 23.9. The summed E-state index contributed by atoms with van der Waals surface area (Å²) >= 11 is 0. The predicted molar refractivity (Wildman–Crippen MR) is 445 cm³/mol. The standard InChI is InChI=1S/C24H26O5.C23H24O6.C22H21FO4.C21H20O6.2CH4/c1-4-28-23-14-18(7-6-17(23)3)8-11-20(25)16-21(26)12-9-19-10-13-22(27)24(15-19)29-5-2;1-26-20-11-7-16(13-22(20)28-3)5-9-18(24)15-19(25)10-6-17-8-12-21(27-2)23(14-17)29-4;1-15-4-5-16(12-21(15)26-2)6-9-18(24)14-19(25)10-7-17-8-11-20(23)22(13-17)27-3;1-26-20-9-5-14(11-18(20)24)3-7-16(22)13-17(23)8-4-15-6-10-21(27-2)19(25)12-15;;/h6-15,27H,4-5,16H2,1-3H3;5-14H,15H2,1-4H3;4-13H,14H2,1-3H3;3-12,24-25H,13H2,1-2H3;2*1H4/b11-8+,12-9+;9-5+,10-6+;9-6+,10-7+;7-3+,8-4+;;. The molecular weight excluding hydrogens is 1460 g/mol. The van der Waals surface area contributed by atoms with Crippen molar-refractivity contribution in [2.24, 2.45) is 0 Å². The lowest BCUT2D eigenvalue weighted by Gasteiger charge is -2.07. The molecule has 0 bridgehead atoms. The van der Waals surface area contributed by atoms with E-state index in [0.29, 0.717) is 75.7 Å². The minimum absolute atomic E-state index is 0. The summed E-state index contributed by atoms with van der Waals surface area (Å²) in [5.41, 5.74) is 7.73. The second kappa shape index (κ2) is 50.2. The molecule has 0 radical (unpaired) electrons. The molecule has 600 valence electrons. The molecule has 8 aromatic carbocycles. The van der Waals surface area contributed by atoms with Crippen LogP contribution < -0.4 is 47.4 Å². The molecule has 0 amide bonds. The first kappa shape index (κ1) is 94.6. The van der Waals surface area contributed by atoms with E-state index in [-0.39, 0.29) is 110 Å². The van der Waals surface area contributed by atoms with Crippen LogP contribution in [0.2, 0.25) is 0 Å². The van der Waals surface area contributed by atoms with E-state index in [1.165, 1.54) is 125 Å². The molecule has 0 fully saturated rings. The minimum Gasteiger partial charge on any atom is -0.504 e. The molecule has 0 saturated carbocycles. The van der Waals surface area contributed by atoms with E-state index >= 15 is 0 Å². The van der Waals surface area contributed by atoms with Crippen LogP contribution in [0.15, 0.2) is 194 Å². The number of carbonyl (C=O) groups excluding carboxylic acids is 8.